The van der Waals surface area contributed by atoms with Crippen molar-refractivity contribution in [2.24, 2.45) is 0 Å². The number of rotatable bonds is 3. The molecule has 1 nitrogen and oxygen atoms in total. The highest BCUT2D eigenvalue weighted by molar-refractivity contribution is 6.83. The van der Waals surface area contributed by atoms with Crippen molar-refractivity contribution in [3.63, 3.8) is 0 Å². The van der Waals surface area contributed by atoms with E-state index in [0.717, 1.165) is 5.56 Å². The topological polar surface area (TPSA) is 20.2 Å². The van der Waals surface area contributed by atoms with Crippen molar-refractivity contribution < 1.29 is 5.11 Å². The Bertz CT molecular complexity index is 420. The minimum absolute atomic E-state index is 0.111. The molecule has 0 spiro atoms. The monoisotopic (exact) mass is 244 g/mol. The molecule has 0 aliphatic heterocycles. The van der Waals surface area contributed by atoms with Gasteiger partial charge in [0.05, 0.1) is 0 Å². The highest BCUT2D eigenvalue weighted by Crippen LogP contribution is 2.20. The minimum atomic E-state index is -1.43. The van der Waals surface area contributed by atoms with E-state index in [4.69, 9.17) is 0 Å². The van der Waals surface area contributed by atoms with Crippen LogP contribution in [-0.2, 0) is 0 Å². The molecule has 0 amide bonds. The summed E-state index contributed by atoms with van der Waals surface area (Å²) in [6.07, 6.45) is 1.10. The van der Waals surface area contributed by atoms with E-state index in [2.05, 4.69) is 37.7 Å². The molecule has 1 aromatic carbocycles. The molecule has 0 aliphatic rings. The van der Waals surface area contributed by atoms with Crippen LogP contribution in [0.25, 0.3) is 0 Å². The van der Waals surface area contributed by atoms with Crippen LogP contribution in [0.3, 0.4) is 0 Å². The first-order valence-corrected chi connectivity index (χ1v) is 9.32. The van der Waals surface area contributed by atoms with Gasteiger partial charge in [0.25, 0.3) is 0 Å². The Balaban J connectivity index is 2.88. The van der Waals surface area contributed by atoms with Gasteiger partial charge in [-0.15, -0.1) is 12.1 Å². The summed E-state index contributed by atoms with van der Waals surface area (Å²) in [5, 5.41) is 10.1. The second-order valence-corrected chi connectivity index (χ2v) is 9.89. The first-order chi connectivity index (χ1) is 7.94. The lowest BCUT2D eigenvalue weighted by Crippen LogP contribution is -2.20. The van der Waals surface area contributed by atoms with E-state index in [0.29, 0.717) is 0 Å². The lowest BCUT2D eigenvalue weighted by Gasteiger charge is -2.16. The number of hydrogen-bond donors (Lipinski definition) is 1. The van der Waals surface area contributed by atoms with Gasteiger partial charge in [-0.25, -0.2) is 0 Å². The molecule has 1 rings (SSSR count). The Labute approximate surface area is 105 Å². The van der Waals surface area contributed by atoms with Crippen LogP contribution in [0.1, 0.15) is 11.5 Å². The van der Waals surface area contributed by atoms with E-state index in [9.17, 15) is 5.11 Å². The molecule has 0 aromatic heterocycles. The Kier molecular flexibility index (Phi) is 4.74. The Morgan fingerprint density at radius 2 is 1.82 bits per heavy atom. The van der Waals surface area contributed by atoms with Gasteiger partial charge in [-0.2, -0.15) is 0 Å². The van der Waals surface area contributed by atoms with Crippen molar-refractivity contribution in [2.75, 3.05) is 0 Å². The molecule has 1 aromatic rings. The van der Waals surface area contributed by atoms with Crippen molar-refractivity contribution in [3.05, 3.63) is 48.6 Å². The molecule has 17 heavy (non-hydrogen) atoms. The van der Waals surface area contributed by atoms with Crippen molar-refractivity contribution >= 4 is 8.07 Å². The molecule has 90 valence electrons. The maximum absolute atomic E-state index is 10.1. The molecule has 0 heterocycles. The Hall–Kier alpha value is -1.30. The van der Waals surface area contributed by atoms with E-state index in [1.165, 1.54) is 0 Å². The highest BCUT2D eigenvalue weighted by Gasteiger charge is 2.16. The van der Waals surface area contributed by atoms with Gasteiger partial charge >= 0.3 is 0 Å². The standard InChI is InChI=1S/C15H20OSi/c1-5-14(13-9-7-6-8-10-13)15(16)11-12-17(2,3)4/h5-10,14-16H,1H2,2-4H3/t14-,15+/m1/s1. The van der Waals surface area contributed by atoms with Crippen LogP contribution >= 0.6 is 0 Å². The van der Waals surface area contributed by atoms with Gasteiger partial charge in [-0.05, 0) is 5.56 Å². The molecular formula is C15H20OSi. The molecular weight excluding hydrogens is 224 g/mol. The van der Waals surface area contributed by atoms with E-state index < -0.39 is 14.2 Å². The highest BCUT2D eigenvalue weighted by atomic mass is 28.3. The van der Waals surface area contributed by atoms with E-state index in [1.54, 1.807) is 6.08 Å². The average molecular weight is 244 g/mol. The lowest BCUT2D eigenvalue weighted by atomic mass is 9.94. The summed E-state index contributed by atoms with van der Waals surface area (Å²) in [5.74, 6) is 2.86. The molecule has 0 unspecified atom stereocenters. The van der Waals surface area contributed by atoms with Gasteiger partial charge in [0.2, 0.25) is 0 Å². The van der Waals surface area contributed by atoms with Crippen molar-refractivity contribution in [2.45, 2.75) is 31.7 Å². The molecule has 0 saturated heterocycles. The predicted molar refractivity (Wildman–Crippen MR) is 76.5 cm³/mol. The van der Waals surface area contributed by atoms with Gasteiger partial charge in [-0.1, -0.05) is 62.0 Å². The van der Waals surface area contributed by atoms with Crippen LogP contribution in [0.2, 0.25) is 19.6 Å². The Morgan fingerprint density at radius 1 is 1.24 bits per heavy atom. The molecule has 0 aliphatic carbocycles. The maximum Gasteiger partial charge on any atom is 0.129 e. The van der Waals surface area contributed by atoms with E-state index in [1.807, 2.05) is 30.3 Å². The van der Waals surface area contributed by atoms with Crippen LogP contribution < -0.4 is 0 Å². The number of benzene rings is 1. The molecule has 0 bridgehead atoms. The quantitative estimate of drug-likeness (QED) is 0.492. The zero-order chi connectivity index (χ0) is 12.9. The summed E-state index contributed by atoms with van der Waals surface area (Å²) in [7, 11) is -1.43. The predicted octanol–water partition coefficient (Wildman–Crippen LogP) is 3.20. The van der Waals surface area contributed by atoms with Crippen LogP contribution in [0.4, 0.5) is 0 Å². The van der Waals surface area contributed by atoms with Crippen LogP contribution in [0.5, 0.6) is 0 Å². The summed E-state index contributed by atoms with van der Waals surface area (Å²) in [4.78, 5) is 0. The number of hydrogen-bond acceptors (Lipinski definition) is 1. The largest absolute Gasteiger partial charge is 0.379 e. The average Bonchev–Trinajstić information content (AvgIpc) is 2.28. The number of aliphatic hydroxyl groups is 1. The van der Waals surface area contributed by atoms with Crippen molar-refractivity contribution in [1.29, 1.82) is 0 Å². The summed E-state index contributed by atoms with van der Waals surface area (Å²) in [5.41, 5.74) is 4.25. The normalized spacial score (nSPS) is 14.4. The maximum atomic E-state index is 10.1. The zero-order valence-electron chi connectivity index (χ0n) is 10.8. The summed E-state index contributed by atoms with van der Waals surface area (Å²) in [6, 6.07) is 9.87. The first-order valence-electron chi connectivity index (χ1n) is 5.82. The summed E-state index contributed by atoms with van der Waals surface area (Å²) >= 11 is 0. The molecule has 0 radical (unpaired) electrons. The third-order valence-corrected chi connectivity index (χ3v) is 3.27. The zero-order valence-corrected chi connectivity index (χ0v) is 11.8. The second kappa shape index (κ2) is 5.86. The fourth-order valence-corrected chi connectivity index (χ4v) is 2.08. The van der Waals surface area contributed by atoms with Gasteiger partial charge < -0.3 is 5.11 Å². The van der Waals surface area contributed by atoms with Crippen molar-refractivity contribution in [3.8, 4) is 11.5 Å². The first kappa shape index (κ1) is 13.8. The van der Waals surface area contributed by atoms with Gasteiger partial charge in [0.1, 0.15) is 14.2 Å². The Morgan fingerprint density at radius 3 is 2.29 bits per heavy atom. The van der Waals surface area contributed by atoms with Crippen LogP contribution in [0, 0.1) is 11.5 Å². The molecule has 0 fully saturated rings. The minimum Gasteiger partial charge on any atom is -0.379 e. The molecule has 2 atom stereocenters. The fourth-order valence-electron chi connectivity index (χ4n) is 1.50. The van der Waals surface area contributed by atoms with Crippen LogP contribution in [0.15, 0.2) is 43.0 Å². The van der Waals surface area contributed by atoms with E-state index >= 15 is 0 Å². The van der Waals surface area contributed by atoms with E-state index in [-0.39, 0.29) is 5.92 Å². The molecule has 0 saturated carbocycles. The van der Waals surface area contributed by atoms with Gasteiger partial charge in [0.15, 0.2) is 0 Å². The van der Waals surface area contributed by atoms with Gasteiger partial charge in [0, 0.05) is 5.92 Å². The SMILES string of the molecule is C=C[C@H](c1ccccc1)[C@@H](O)C#C[Si](C)(C)C. The third-order valence-electron chi connectivity index (χ3n) is 2.37. The summed E-state index contributed by atoms with van der Waals surface area (Å²) < 4.78 is 0. The smallest absolute Gasteiger partial charge is 0.129 e. The second-order valence-electron chi connectivity index (χ2n) is 5.14. The lowest BCUT2D eigenvalue weighted by molar-refractivity contribution is 0.217. The fraction of sp³-hybridized carbons (Fsp3) is 0.333. The molecule has 2 heteroatoms. The summed E-state index contributed by atoms with van der Waals surface area (Å²) in [6.45, 7) is 10.3. The van der Waals surface area contributed by atoms with Crippen molar-refractivity contribution in [1.82, 2.24) is 0 Å². The van der Waals surface area contributed by atoms with Crippen LogP contribution in [-0.4, -0.2) is 19.3 Å². The van der Waals surface area contributed by atoms with Gasteiger partial charge in [-0.3, -0.25) is 0 Å². The third kappa shape index (κ3) is 4.60. The number of aliphatic hydroxyl groups excluding tert-OH is 1. The molecule has 1 N–H and O–H groups in total.